The van der Waals surface area contributed by atoms with Crippen molar-refractivity contribution in [2.24, 2.45) is 12.8 Å². The molecule has 2 unspecified atom stereocenters. The second-order valence-electron chi connectivity index (χ2n) is 4.77. The molecule has 0 bridgehead atoms. The number of ether oxygens (including phenoxy) is 1. The van der Waals surface area contributed by atoms with Crippen molar-refractivity contribution in [1.29, 1.82) is 0 Å². The zero-order chi connectivity index (χ0) is 12.4. The molecule has 0 radical (unpaired) electrons. The van der Waals surface area contributed by atoms with E-state index in [1.165, 1.54) is 5.56 Å². The van der Waals surface area contributed by atoms with Gasteiger partial charge in [0.05, 0.1) is 18.3 Å². The molecule has 0 aliphatic carbocycles. The van der Waals surface area contributed by atoms with Gasteiger partial charge in [-0.3, -0.25) is 9.58 Å². The van der Waals surface area contributed by atoms with Crippen molar-refractivity contribution in [3.8, 4) is 0 Å². The molecule has 2 heterocycles. The molecule has 1 saturated heterocycles. The molecule has 2 atom stereocenters. The van der Waals surface area contributed by atoms with E-state index in [1.54, 1.807) is 7.11 Å². The quantitative estimate of drug-likeness (QED) is 0.827. The minimum Gasteiger partial charge on any atom is -0.383 e. The summed E-state index contributed by atoms with van der Waals surface area (Å²) in [6.07, 6.45) is 3.13. The molecule has 0 saturated carbocycles. The van der Waals surface area contributed by atoms with Crippen LogP contribution in [0.2, 0.25) is 0 Å². The molecule has 1 aliphatic rings. The first-order chi connectivity index (χ1) is 8.13. The SMILES string of the molecule is COCCN1CCC(N)C1c1cn(C)nc1C. The van der Waals surface area contributed by atoms with E-state index >= 15 is 0 Å². The van der Waals surface area contributed by atoms with Crippen LogP contribution in [-0.4, -0.2) is 47.5 Å². The van der Waals surface area contributed by atoms with Crippen LogP contribution in [-0.2, 0) is 11.8 Å². The Balaban J connectivity index is 2.18. The van der Waals surface area contributed by atoms with Crippen molar-refractivity contribution in [3.63, 3.8) is 0 Å². The summed E-state index contributed by atoms with van der Waals surface area (Å²) in [5.41, 5.74) is 8.57. The predicted molar refractivity (Wildman–Crippen MR) is 66.7 cm³/mol. The van der Waals surface area contributed by atoms with Gasteiger partial charge in [-0.05, 0) is 13.3 Å². The average Bonchev–Trinajstić information content (AvgIpc) is 2.79. The fourth-order valence-electron chi connectivity index (χ4n) is 2.68. The summed E-state index contributed by atoms with van der Waals surface area (Å²) >= 11 is 0. The highest BCUT2D eigenvalue weighted by Crippen LogP contribution is 2.32. The van der Waals surface area contributed by atoms with Crippen molar-refractivity contribution in [2.45, 2.75) is 25.4 Å². The lowest BCUT2D eigenvalue weighted by Crippen LogP contribution is -2.33. The molecule has 1 aliphatic heterocycles. The molecule has 1 aromatic heterocycles. The highest BCUT2D eigenvalue weighted by atomic mass is 16.5. The molecule has 5 heteroatoms. The van der Waals surface area contributed by atoms with Crippen LogP contribution in [0.3, 0.4) is 0 Å². The zero-order valence-electron chi connectivity index (χ0n) is 10.9. The molecule has 0 spiro atoms. The van der Waals surface area contributed by atoms with E-state index in [1.807, 2.05) is 11.7 Å². The normalized spacial score (nSPS) is 25.6. The highest BCUT2D eigenvalue weighted by Gasteiger charge is 2.34. The Morgan fingerprint density at radius 2 is 2.35 bits per heavy atom. The Morgan fingerprint density at radius 1 is 1.59 bits per heavy atom. The molecule has 96 valence electrons. The van der Waals surface area contributed by atoms with Crippen molar-refractivity contribution < 1.29 is 4.74 Å². The van der Waals surface area contributed by atoms with Crippen LogP contribution in [0.15, 0.2) is 6.20 Å². The molecule has 0 aromatic carbocycles. The third-order valence-electron chi connectivity index (χ3n) is 3.50. The van der Waals surface area contributed by atoms with Gasteiger partial charge in [0.15, 0.2) is 0 Å². The predicted octanol–water partition coefficient (Wildman–Crippen LogP) is 0.449. The Labute approximate surface area is 103 Å². The maximum Gasteiger partial charge on any atom is 0.0642 e. The first kappa shape index (κ1) is 12.5. The largest absolute Gasteiger partial charge is 0.383 e. The minimum absolute atomic E-state index is 0.203. The van der Waals surface area contributed by atoms with Crippen LogP contribution >= 0.6 is 0 Å². The van der Waals surface area contributed by atoms with E-state index in [9.17, 15) is 0 Å². The van der Waals surface area contributed by atoms with E-state index in [-0.39, 0.29) is 6.04 Å². The summed E-state index contributed by atoms with van der Waals surface area (Å²) in [6.45, 7) is 4.78. The Morgan fingerprint density at radius 3 is 2.94 bits per heavy atom. The van der Waals surface area contributed by atoms with Crippen molar-refractivity contribution in [1.82, 2.24) is 14.7 Å². The summed E-state index contributed by atoms with van der Waals surface area (Å²) in [5.74, 6) is 0. The monoisotopic (exact) mass is 238 g/mol. The number of nitrogens with two attached hydrogens (primary N) is 1. The summed E-state index contributed by atoms with van der Waals surface area (Å²) in [6, 6.07) is 0.494. The van der Waals surface area contributed by atoms with Gasteiger partial charge in [0.1, 0.15) is 0 Å². The van der Waals surface area contributed by atoms with Crippen LogP contribution in [0.1, 0.15) is 23.7 Å². The van der Waals surface area contributed by atoms with Crippen LogP contribution in [0.5, 0.6) is 0 Å². The van der Waals surface area contributed by atoms with Gasteiger partial charge in [-0.1, -0.05) is 0 Å². The van der Waals surface area contributed by atoms with Gasteiger partial charge in [0, 0.05) is 45.0 Å². The maximum absolute atomic E-state index is 6.23. The van der Waals surface area contributed by atoms with E-state index in [0.717, 1.165) is 31.8 Å². The summed E-state index contributed by atoms with van der Waals surface area (Å²) in [5, 5.41) is 4.41. The standard InChI is InChI=1S/C12H22N4O/c1-9-10(8-15(2)14-9)12-11(13)4-5-16(12)6-7-17-3/h8,11-12H,4-7,13H2,1-3H3. The van der Waals surface area contributed by atoms with Gasteiger partial charge >= 0.3 is 0 Å². The van der Waals surface area contributed by atoms with Gasteiger partial charge in [-0.15, -0.1) is 0 Å². The molecule has 1 aromatic rings. The lowest BCUT2D eigenvalue weighted by Gasteiger charge is -2.26. The molecule has 2 N–H and O–H groups in total. The van der Waals surface area contributed by atoms with E-state index in [4.69, 9.17) is 10.5 Å². The molecule has 0 amide bonds. The van der Waals surface area contributed by atoms with E-state index in [0.29, 0.717) is 6.04 Å². The van der Waals surface area contributed by atoms with Gasteiger partial charge in [-0.2, -0.15) is 5.10 Å². The summed E-state index contributed by atoms with van der Waals surface area (Å²) in [4.78, 5) is 2.40. The van der Waals surface area contributed by atoms with Gasteiger partial charge < -0.3 is 10.5 Å². The number of hydrogen-bond acceptors (Lipinski definition) is 4. The van der Waals surface area contributed by atoms with Crippen LogP contribution < -0.4 is 5.73 Å². The maximum atomic E-state index is 6.23. The minimum atomic E-state index is 0.203. The van der Waals surface area contributed by atoms with Crippen molar-refractivity contribution in [3.05, 3.63) is 17.5 Å². The Bertz CT molecular complexity index is 377. The first-order valence-corrected chi connectivity index (χ1v) is 6.12. The summed E-state index contributed by atoms with van der Waals surface area (Å²) < 4.78 is 7.02. The molecule has 5 nitrogen and oxygen atoms in total. The van der Waals surface area contributed by atoms with Gasteiger partial charge in [0.2, 0.25) is 0 Å². The number of nitrogens with zero attached hydrogens (tertiary/aromatic N) is 3. The number of aromatic nitrogens is 2. The topological polar surface area (TPSA) is 56.3 Å². The van der Waals surface area contributed by atoms with Gasteiger partial charge in [-0.25, -0.2) is 0 Å². The lowest BCUT2D eigenvalue weighted by molar-refractivity contribution is 0.139. The van der Waals surface area contributed by atoms with Gasteiger partial charge in [0.25, 0.3) is 0 Å². The number of hydrogen-bond donors (Lipinski definition) is 1. The third kappa shape index (κ3) is 2.51. The highest BCUT2D eigenvalue weighted by molar-refractivity contribution is 5.23. The van der Waals surface area contributed by atoms with Crippen molar-refractivity contribution >= 4 is 0 Å². The van der Waals surface area contributed by atoms with E-state index < -0.39 is 0 Å². The Hall–Kier alpha value is -0.910. The molecule has 17 heavy (non-hydrogen) atoms. The molecule has 1 fully saturated rings. The second-order valence-corrected chi connectivity index (χ2v) is 4.77. The Kier molecular flexibility index (Phi) is 3.81. The average molecular weight is 238 g/mol. The number of aryl methyl sites for hydroxylation is 2. The fraction of sp³-hybridized carbons (Fsp3) is 0.750. The van der Waals surface area contributed by atoms with Crippen LogP contribution in [0.4, 0.5) is 0 Å². The fourth-order valence-corrected chi connectivity index (χ4v) is 2.68. The van der Waals surface area contributed by atoms with E-state index in [2.05, 4.69) is 23.1 Å². The smallest absolute Gasteiger partial charge is 0.0642 e. The molecule has 2 rings (SSSR count). The van der Waals surface area contributed by atoms with Crippen LogP contribution in [0.25, 0.3) is 0 Å². The zero-order valence-corrected chi connectivity index (χ0v) is 10.9. The first-order valence-electron chi connectivity index (χ1n) is 6.12. The molecular formula is C12H22N4O. The number of rotatable bonds is 4. The van der Waals surface area contributed by atoms with Crippen LogP contribution in [0, 0.1) is 6.92 Å². The number of likely N-dealkylation sites (tertiary alicyclic amines) is 1. The second kappa shape index (κ2) is 5.16. The number of methoxy groups -OCH3 is 1. The van der Waals surface area contributed by atoms with Crippen molar-refractivity contribution in [2.75, 3.05) is 26.8 Å². The lowest BCUT2D eigenvalue weighted by atomic mass is 10.0. The summed E-state index contributed by atoms with van der Waals surface area (Å²) in [7, 11) is 3.69. The molecular weight excluding hydrogens is 216 g/mol. The third-order valence-corrected chi connectivity index (χ3v) is 3.50.